The molecule has 25 heavy (non-hydrogen) atoms. The second-order valence-corrected chi connectivity index (χ2v) is 5.23. The number of imidazole rings is 1. The van der Waals surface area contributed by atoms with Crippen LogP contribution in [-0.2, 0) is 6.54 Å². The fraction of sp³-hybridized carbons (Fsp3) is 0.188. The SMILES string of the molecule is COc1cc2n(Cc3ccccc3)c(C(=O)C(F)(F)F)c(O)[n+]2cn1. The molecular formula is C16H13F3N3O3+. The van der Waals surface area contributed by atoms with Crippen LogP contribution in [0.3, 0.4) is 0 Å². The predicted molar refractivity (Wildman–Crippen MR) is 79.5 cm³/mol. The van der Waals surface area contributed by atoms with Gasteiger partial charge in [-0.3, -0.25) is 4.79 Å². The Labute approximate surface area is 139 Å². The summed E-state index contributed by atoms with van der Waals surface area (Å²) in [4.78, 5) is 15.7. The zero-order valence-corrected chi connectivity index (χ0v) is 13.0. The first-order chi connectivity index (χ1) is 11.8. The predicted octanol–water partition coefficient (Wildman–Crippen LogP) is 2.13. The Balaban J connectivity index is 2.27. The van der Waals surface area contributed by atoms with Crippen molar-refractivity contribution in [3.63, 3.8) is 0 Å². The van der Waals surface area contributed by atoms with Crippen molar-refractivity contribution < 1.29 is 32.2 Å². The van der Waals surface area contributed by atoms with E-state index in [9.17, 15) is 23.1 Å². The number of carbonyl (C=O) groups excluding carboxylic acids is 1. The van der Waals surface area contributed by atoms with Gasteiger partial charge in [0.05, 0.1) is 19.7 Å². The van der Waals surface area contributed by atoms with Crippen LogP contribution in [-0.4, -0.2) is 33.7 Å². The zero-order valence-electron chi connectivity index (χ0n) is 13.0. The molecule has 0 aliphatic heterocycles. The van der Waals surface area contributed by atoms with Crippen molar-refractivity contribution in [1.82, 2.24) is 9.55 Å². The van der Waals surface area contributed by atoms with Gasteiger partial charge >= 0.3 is 17.8 Å². The molecule has 2 aromatic heterocycles. The van der Waals surface area contributed by atoms with E-state index in [2.05, 4.69) is 4.98 Å². The van der Waals surface area contributed by atoms with Crippen LogP contribution in [0, 0.1) is 0 Å². The van der Waals surface area contributed by atoms with Crippen LogP contribution in [0.1, 0.15) is 16.1 Å². The second-order valence-electron chi connectivity index (χ2n) is 5.23. The number of ketones is 1. The summed E-state index contributed by atoms with van der Waals surface area (Å²) in [7, 11) is 1.35. The highest BCUT2D eigenvalue weighted by Gasteiger charge is 2.46. The summed E-state index contributed by atoms with van der Waals surface area (Å²) < 4.78 is 46.0. The maximum absolute atomic E-state index is 13.0. The van der Waals surface area contributed by atoms with Crippen LogP contribution < -0.4 is 9.14 Å². The highest BCUT2D eigenvalue weighted by atomic mass is 19.4. The lowest BCUT2D eigenvalue weighted by Crippen LogP contribution is -2.26. The standard InChI is InChI=1S/C16H12F3N3O3/c1-25-11-7-12-21(8-10-5-3-2-4-6-10)13(14(23)16(17,18)19)15(24)22(12)9-20-11/h2-7,9H,8H2,1H3/p+1. The van der Waals surface area contributed by atoms with Gasteiger partial charge in [-0.1, -0.05) is 35.3 Å². The van der Waals surface area contributed by atoms with Crippen LogP contribution >= 0.6 is 0 Å². The third-order valence-electron chi connectivity index (χ3n) is 3.65. The minimum atomic E-state index is -5.13. The van der Waals surface area contributed by atoms with Gasteiger partial charge in [0, 0.05) is 0 Å². The van der Waals surface area contributed by atoms with Gasteiger partial charge in [-0.2, -0.15) is 17.6 Å². The summed E-state index contributed by atoms with van der Waals surface area (Å²) in [6, 6.07) is 9.96. The summed E-state index contributed by atoms with van der Waals surface area (Å²) in [5, 5.41) is 10.2. The van der Waals surface area contributed by atoms with Gasteiger partial charge in [-0.15, -0.1) is 0 Å². The fourth-order valence-electron chi connectivity index (χ4n) is 2.51. The topological polar surface area (TPSA) is 68.5 Å². The van der Waals surface area contributed by atoms with Crippen molar-refractivity contribution >= 4 is 11.4 Å². The van der Waals surface area contributed by atoms with Crippen LogP contribution in [0.25, 0.3) is 5.65 Å². The summed E-state index contributed by atoms with van der Waals surface area (Å²) in [5.41, 5.74) is -0.0563. The summed E-state index contributed by atoms with van der Waals surface area (Å²) in [6.07, 6.45) is -4.03. The molecule has 0 spiro atoms. The van der Waals surface area contributed by atoms with E-state index in [1.807, 2.05) is 0 Å². The Kier molecular flexibility index (Phi) is 4.07. The molecular weight excluding hydrogens is 339 g/mol. The number of ether oxygens (including phenoxy) is 1. The Morgan fingerprint density at radius 2 is 2.00 bits per heavy atom. The number of methoxy groups -OCH3 is 1. The quantitative estimate of drug-likeness (QED) is 0.577. The third-order valence-corrected chi connectivity index (χ3v) is 3.65. The molecule has 0 aliphatic rings. The summed E-state index contributed by atoms with van der Waals surface area (Å²) >= 11 is 0. The van der Waals surface area contributed by atoms with Gasteiger partial charge in [0.1, 0.15) is 0 Å². The monoisotopic (exact) mass is 352 g/mol. The summed E-state index contributed by atoms with van der Waals surface area (Å²) in [6.45, 7) is -0.0464. The second kappa shape index (κ2) is 6.08. The first-order valence-electron chi connectivity index (χ1n) is 7.15. The minimum Gasteiger partial charge on any atom is -0.481 e. The molecule has 0 fully saturated rings. The van der Waals surface area contributed by atoms with E-state index in [4.69, 9.17) is 4.74 Å². The van der Waals surface area contributed by atoms with Crippen LogP contribution in [0.4, 0.5) is 13.2 Å². The average Bonchev–Trinajstić information content (AvgIpc) is 2.86. The van der Waals surface area contributed by atoms with E-state index in [1.54, 1.807) is 30.3 Å². The van der Waals surface area contributed by atoms with Crippen molar-refractivity contribution in [3.8, 4) is 11.8 Å². The first kappa shape index (κ1) is 16.7. The van der Waals surface area contributed by atoms with Gasteiger partial charge in [0.15, 0.2) is 0 Å². The molecule has 0 saturated heterocycles. The molecule has 2 heterocycles. The van der Waals surface area contributed by atoms with Crippen LogP contribution in [0.15, 0.2) is 42.7 Å². The average molecular weight is 352 g/mol. The van der Waals surface area contributed by atoms with Crippen molar-refractivity contribution in [2.24, 2.45) is 0 Å². The van der Waals surface area contributed by atoms with E-state index in [1.165, 1.54) is 13.2 Å². The number of alkyl halides is 3. The molecule has 0 saturated carbocycles. The van der Waals surface area contributed by atoms with E-state index < -0.39 is 23.5 Å². The molecule has 130 valence electrons. The molecule has 3 rings (SSSR count). The number of hydrogen-bond acceptors (Lipinski definition) is 4. The number of aromatic hydroxyl groups is 1. The number of rotatable bonds is 4. The molecule has 0 amide bonds. The molecule has 3 aromatic rings. The first-order valence-corrected chi connectivity index (χ1v) is 7.15. The molecule has 1 N–H and O–H groups in total. The third kappa shape index (κ3) is 3.00. The minimum absolute atomic E-state index is 0.0464. The van der Waals surface area contributed by atoms with E-state index >= 15 is 0 Å². The van der Waals surface area contributed by atoms with Crippen LogP contribution in [0.5, 0.6) is 11.8 Å². The van der Waals surface area contributed by atoms with Crippen molar-refractivity contribution in [2.75, 3.05) is 7.11 Å². The summed E-state index contributed by atoms with van der Waals surface area (Å²) in [5.74, 6) is -2.83. The number of Topliss-reactive ketones (excluding diaryl/α,β-unsaturated/α-hetero) is 1. The van der Waals surface area contributed by atoms with Gasteiger partial charge in [0.25, 0.3) is 5.88 Å². The Morgan fingerprint density at radius 3 is 2.60 bits per heavy atom. The molecule has 9 heteroatoms. The number of hydrogen-bond donors (Lipinski definition) is 1. The Bertz CT molecular complexity index is 936. The smallest absolute Gasteiger partial charge is 0.458 e. The van der Waals surface area contributed by atoms with Crippen molar-refractivity contribution in [1.29, 1.82) is 0 Å². The highest BCUT2D eigenvalue weighted by molar-refractivity contribution is 6.01. The lowest BCUT2D eigenvalue weighted by Gasteiger charge is -2.07. The molecule has 0 bridgehead atoms. The van der Waals surface area contributed by atoms with Gasteiger partial charge < -0.3 is 9.84 Å². The molecule has 1 aromatic carbocycles. The Hall–Kier alpha value is -3.10. The van der Waals surface area contributed by atoms with E-state index in [0.717, 1.165) is 15.3 Å². The maximum Gasteiger partial charge on any atom is 0.458 e. The van der Waals surface area contributed by atoms with Gasteiger partial charge in [0.2, 0.25) is 17.7 Å². The number of aromatic nitrogens is 3. The molecule has 6 nitrogen and oxygen atoms in total. The van der Waals surface area contributed by atoms with Gasteiger partial charge in [-0.25, -0.2) is 4.57 Å². The zero-order chi connectivity index (χ0) is 18.2. The molecule has 0 aliphatic carbocycles. The number of carbonyl (C=O) groups is 1. The number of benzene rings is 1. The molecule has 0 unspecified atom stereocenters. The molecule has 0 radical (unpaired) electrons. The number of nitrogens with zero attached hydrogens (tertiary/aromatic N) is 3. The molecule has 0 atom stereocenters. The van der Waals surface area contributed by atoms with Crippen LogP contribution in [0.2, 0.25) is 0 Å². The normalized spacial score (nSPS) is 11.7. The fourth-order valence-corrected chi connectivity index (χ4v) is 2.51. The largest absolute Gasteiger partial charge is 0.481 e. The highest BCUT2D eigenvalue weighted by Crippen LogP contribution is 2.28. The van der Waals surface area contributed by atoms with Gasteiger partial charge in [-0.05, 0) is 5.56 Å². The lowest BCUT2D eigenvalue weighted by molar-refractivity contribution is -0.525. The van der Waals surface area contributed by atoms with E-state index in [0.29, 0.717) is 5.56 Å². The van der Waals surface area contributed by atoms with E-state index in [-0.39, 0.29) is 18.1 Å². The van der Waals surface area contributed by atoms with Crippen molar-refractivity contribution in [3.05, 3.63) is 54.0 Å². The Morgan fingerprint density at radius 1 is 1.32 bits per heavy atom. The number of fused-ring (bicyclic) bond motifs is 1. The maximum atomic E-state index is 13.0. The lowest BCUT2D eigenvalue weighted by atomic mass is 10.2. The van der Waals surface area contributed by atoms with Crippen molar-refractivity contribution in [2.45, 2.75) is 12.7 Å². The number of halogens is 3.